The van der Waals surface area contributed by atoms with Gasteiger partial charge in [0.1, 0.15) is 6.29 Å². The molecule has 42 heavy (non-hydrogen) atoms. The maximum absolute atomic E-state index is 10.9. The molecule has 0 aromatic heterocycles. The van der Waals surface area contributed by atoms with E-state index >= 15 is 0 Å². The summed E-state index contributed by atoms with van der Waals surface area (Å²) in [6, 6.07) is 0. The molecule has 3 saturated carbocycles. The van der Waals surface area contributed by atoms with Crippen LogP contribution in [0.4, 0.5) is 0 Å². The Bertz CT molecular complexity index is 974. The molecule has 0 heterocycles. The number of carboxylic acids is 3. The summed E-state index contributed by atoms with van der Waals surface area (Å²) in [6.07, 6.45) is 17.2. The first kappa shape index (κ1) is 34.2. The molecule has 1 unspecified atom stereocenters. The molecule has 0 radical (unpaired) electrons. The van der Waals surface area contributed by atoms with Gasteiger partial charge in [0.05, 0.1) is 25.7 Å². The van der Waals surface area contributed by atoms with E-state index in [2.05, 4.69) is 33.8 Å². The third kappa shape index (κ3) is 8.01. The van der Waals surface area contributed by atoms with Gasteiger partial charge in [0, 0.05) is 5.92 Å². The van der Waals surface area contributed by atoms with Crippen LogP contribution in [0.15, 0.2) is 11.6 Å². The molecule has 0 saturated heterocycles. The standard InChI is InChI=1S/C27H44O2.C6H9NO6/c1-18(17-28)6-5-7-19(2)23-10-11-24-22-9-8-20-16-21(29)12-14-26(20,3)25(22)13-15-27(23,24)4;8-4(9)1-7(2-5(10)11)3-6(12)13/h8,17-19,21-25,29H,5-7,9-16H2,1-4H3;1-3H2,(H,8,9)(H,10,11)(H,12,13)/t18?,19-,21+,22+,23-,24+,25+,26+,27-;/m1./s1. The summed E-state index contributed by atoms with van der Waals surface area (Å²) in [7, 11) is 0. The molecule has 0 aromatic carbocycles. The quantitative estimate of drug-likeness (QED) is 0.179. The predicted octanol–water partition coefficient (Wildman–Crippen LogP) is 5.11. The second kappa shape index (κ2) is 14.5. The van der Waals surface area contributed by atoms with Gasteiger partial charge in [0.15, 0.2) is 0 Å². The van der Waals surface area contributed by atoms with Crippen LogP contribution in [0.5, 0.6) is 0 Å². The molecule has 0 spiro atoms. The molecule has 0 aliphatic heterocycles. The van der Waals surface area contributed by atoms with Crippen LogP contribution >= 0.6 is 0 Å². The summed E-state index contributed by atoms with van der Waals surface area (Å²) < 4.78 is 0. The van der Waals surface area contributed by atoms with E-state index in [4.69, 9.17) is 15.3 Å². The van der Waals surface area contributed by atoms with Crippen molar-refractivity contribution in [2.45, 2.75) is 104 Å². The van der Waals surface area contributed by atoms with E-state index in [9.17, 15) is 24.3 Å². The van der Waals surface area contributed by atoms with Crippen LogP contribution in [0.1, 0.15) is 98.3 Å². The number of nitrogens with zero attached hydrogens (tertiary/aromatic N) is 1. The lowest BCUT2D eigenvalue weighted by Crippen LogP contribution is -2.50. The van der Waals surface area contributed by atoms with Crippen LogP contribution in [-0.4, -0.2) is 75.3 Å². The number of hydrogen-bond acceptors (Lipinski definition) is 6. The molecule has 0 aromatic rings. The van der Waals surface area contributed by atoms with Gasteiger partial charge in [-0.25, -0.2) is 0 Å². The van der Waals surface area contributed by atoms with Crippen molar-refractivity contribution in [1.29, 1.82) is 0 Å². The lowest BCUT2D eigenvalue weighted by atomic mass is 9.47. The molecule has 4 aliphatic carbocycles. The second-order valence-electron chi connectivity index (χ2n) is 14.2. The Kier molecular flexibility index (Phi) is 11.8. The van der Waals surface area contributed by atoms with Crippen molar-refractivity contribution in [1.82, 2.24) is 4.90 Å². The average molecular weight is 592 g/mol. The molecule has 238 valence electrons. The monoisotopic (exact) mass is 591 g/mol. The molecule has 4 rings (SSSR count). The number of aliphatic hydroxyl groups excluding tert-OH is 1. The number of hydrogen-bond donors (Lipinski definition) is 4. The highest BCUT2D eigenvalue weighted by molar-refractivity contribution is 5.75. The summed E-state index contributed by atoms with van der Waals surface area (Å²) in [5, 5.41) is 35.1. The number of aldehydes is 1. The third-order valence-corrected chi connectivity index (χ3v) is 11.5. The molecule has 0 amide bonds. The largest absolute Gasteiger partial charge is 0.480 e. The van der Waals surface area contributed by atoms with E-state index in [1.54, 1.807) is 5.57 Å². The average Bonchev–Trinajstić information content (AvgIpc) is 3.25. The molecule has 9 heteroatoms. The number of fused-ring (bicyclic) bond motifs is 5. The summed E-state index contributed by atoms with van der Waals surface area (Å²) in [6.45, 7) is 7.94. The van der Waals surface area contributed by atoms with Crippen LogP contribution in [0.2, 0.25) is 0 Å². The topological polar surface area (TPSA) is 152 Å². The van der Waals surface area contributed by atoms with Crippen molar-refractivity contribution >= 4 is 24.2 Å². The first-order valence-electron chi connectivity index (χ1n) is 15.9. The lowest BCUT2D eigenvalue weighted by Gasteiger charge is -2.58. The number of allylic oxidation sites excluding steroid dienone is 1. The number of aliphatic carboxylic acids is 3. The van der Waals surface area contributed by atoms with Gasteiger partial charge in [-0.15, -0.1) is 0 Å². The zero-order valence-electron chi connectivity index (χ0n) is 26.0. The summed E-state index contributed by atoms with van der Waals surface area (Å²) >= 11 is 0. The number of carboxylic acid groups (broad SMARTS) is 3. The lowest BCUT2D eigenvalue weighted by molar-refractivity contribution is -0.144. The second-order valence-corrected chi connectivity index (χ2v) is 14.2. The van der Waals surface area contributed by atoms with E-state index in [0.29, 0.717) is 10.8 Å². The highest BCUT2D eigenvalue weighted by Gasteiger charge is 2.59. The van der Waals surface area contributed by atoms with Gasteiger partial charge in [0.25, 0.3) is 0 Å². The van der Waals surface area contributed by atoms with Gasteiger partial charge >= 0.3 is 17.9 Å². The third-order valence-electron chi connectivity index (χ3n) is 11.5. The van der Waals surface area contributed by atoms with E-state index in [0.717, 1.165) is 60.0 Å². The van der Waals surface area contributed by atoms with Gasteiger partial charge in [-0.3, -0.25) is 19.3 Å². The molecular formula is C33H53NO8. The fourth-order valence-electron chi connectivity index (χ4n) is 9.39. The van der Waals surface area contributed by atoms with Crippen molar-refractivity contribution in [3.05, 3.63) is 11.6 Å². The Morgan fingerprint density at radius 3 is 2.12 bits per heavy atom. The Balaban J connectivity index is 0.000000316. The first-order chi connectivity index (χ1) is 19.7. The molecule has 3 fully saturated rings. The molecule has 9 nitrogen and oxygen atoms in total. The fourth-order valence-corrected chi connectivity index (χ4v) is 9.39. The van der Waals surface area contributed by atoms with E-state index in [-0.39, 0.29) is 12.0 Å². The van der Waals surface area contributed by atoms with Crippen LogP contribution in [0, 0.1) is 46.3 Å². The smallest absolute Gasteiger partial charge is 0.317 e. The zero-order chi connectivity index (χ0) is 31.2. The maximum atomic E-state index is 10.9. The normalized spacial score (nSPS) is 34.9. The minimum Gasteiger partial charge on any atom is -0.480 e. The summed E-state index contributed by atoms with van der Waals surface area (Å²) in [4.78, 5) is 42.2. The number of aliphatic hydroxyl groups is 1. The number of carbonyl (C=O) groups excluding carboxylic acids is 1. The number of rotatable bonds is 12. The van der Waals surface area contributed by atoms with E-state index in [1.165, 1.54) is 51.4 Å². The summed E-state index contributed by atoms with van der Waals surface area (Å²) in [5.74, 6) is 0.696. The predicted molar refractivity (Wildman–Crippen MR) is 159 cm³/mol. The van der Waals surface area contributed by atoms with Gasteiger partial charge in [-0.05, 0) is 98.2 Å². The summed E-state index contributed by atoms with van der Waals surface area (Å²) in [5.41, 5.74) is 2.47. The molecular weight excluding hydrogens is 538 g/mol. The first-order valence-corrected chi connectivity index (χ1v) is 15.9. The van der Waals surface area contributed by atoms with Crippen LogP contribution in [0.25, 0.3) is 0 Å². The van der Waals surface area contributed by atoms with Crippen LogP contribution < -0.4 is 0 Å². The molecule has 9 atom stereocenters. The minimum atomic E-state index is -1.26. The van der Waals surface area contributed by atoms with Crippen molar-refractivity contribution in [2.75, 3.05) is 19.6 Å². The molecule has 4 N–H and O–H groups in total. The van der Waals surface area contributed by atoms with Crippen molar-refractivity contribution < 1.29 is 39.6 Å². The number of carbonyl (C=O) groups is 4. The molecule has 0 bridgehead atoms. The Hall–Kier alpha value is -2.26. The molecule has 4 aliphatic rings. The Morgan fingerprint density at radius 2 is 1.55 bits per heavy atom. The zero-order valence-corrected chi connectivity index (χ0v) is 26.0. The minimum absolute atomic E-state index is 0.0987. The van der Waals surface area contributed by atoms with Gasteiger partial charge in [-0.2, -0.15) is 0 Å². The van der Waals surface area contributed by atoms with Gasteiger partial charge in [0.2, 0.25) is 0 Å². The van der Waals surface area contributed by atoms with Crippen molar-refractivity contribution in [2.24, 2.45) is 46.3 Å². The maximum Gasteiger partial charge on any atom is 0.317 e. The van der Waals surface area contributed by atoms with Gasteiger partial charge < -0.3 is 25.2 Å². The van der Waals surface area contributed by atoms with Crippen molar-refractivity contribution in [3.63, 3.8) is 0 Å². The van der Waals surface area contributed by atoms with Crippen LogP contribution in [0.3, 0.4) is 0 Å². The van der Waals surface area contributed by atoms with Gasteiger partial charge in [-0.1, -0.05) is 52.2 Å². The Labute approximate surface area is 250 Å². The van der Waals surface area contributed by atoms with Crippen LogP contribution in [-0.2, 0) is 19.2 Å². The van der Waals surface area contributed by atoms with E-state index < -0.39 is 37.5 Å². The Morgan fingerprint density at radius 1 is 0.929 bits per heavy atom. The fraction of sp³-hybridized carbons (Fsp3) is 0.818. The highest BCUT2D eigenvalue weighted by atomic mass is 16.4. The highest BCUT2D eigenvalue weighted by Crippen LogP contribution is 2.67. The van der Waals surface area contributed by atoms with Crippen molar-refractivity contribution in [3.8, 4) is 0 Å². The van der Waals surface area contributed by atoms with E-state index in [1.807, 2.05) is 0 Å². The SMILES string of the molecule is CC(C=O)CCC[C@@H](C)[C@H]1CC[C@H]2[C@@H]3CC=C4C[C@@H](O)CC[C@]4(C)[C@H]3CC[C@]12C.O=C(O)CN(CC(=O)O)CC(=O)O.